The van der Waals surface area contributed by atoms with Gasteiger partial charge in [0.2, 0.25) is 10.0 Å². The number of halogens is 1. The van der Waals surface area contributed by atoms with Gasteiger partial charge in [-0.2, -0.15) is 0 Å². The Hall–Kier alpha value is -1.25. The highest BCUT2D eigenvalue weighted by molar-refractivity contribution is 9.10. The van der Waals surface area contributed by atoms with E-state index in [0.717, 1.165) is 24.2 Å². The first-order valence-corrected chi connectivity index (χ1v) is 10.9. The molecule has 1 unspecified atom stereocenters. The fraction of sp³-hybridized carbons (Fsp3) is 0.368. The highest BCUT2D eigenvalue weighted by atomic mass is 79.9. The number of sulfonamides is 1. The third kappa shape index (κ3) is 4.92. The number of ether oxygens (including phenoxy) is 1. The van der Waals surface area contributed by atoms with E-state index in [1.807, 2.05) is 31.2 Å². The molecule has 0 aromatic heterocycles. The van der Waals surface area contributed by atoms with Crippen LogP contribution in [0.3, 0.4) is 0 Å². The van der Waals surface area contributed by atoms with Crippen molar-refractivity contribution in [3.05, 3.63) is 64.1 Å². The first-order valence-electron chi connectivity index (χ1n) is 8.59. The zero-order valence-corrected chi connectivity index (χ0v) is 17.1. The Morgan fingerprint density at radius 2 is 1.77 bits per heavy atom. The smallest absolute Gasteiger partial charge is 0.242 e. The summed E-state index contributed by atoms with van der Waals surface area (Å²) < 4.78 is 34.8. The van der Waals surface area contributed by atoms with Crippen molar-refractivity contribution < 1.29 is 13.2 Å². The van der Waals surface area contributed by atoms with Crippen LogP contribution < -0.4 is 4.72 Å². The molecular weight excluding hydrogens is 416 g/mol. The van der Waals surface area contributed by atoms with Crippen LogP contribution in [0.4, 0.5) is 0 Å². The maximum atomic E-state index is 13.0. The van der Waals surface area contributed by atoms with Crippen LogP contribution in [-0.4, -0.2) is 46.2 Å². The second kappa shape index (κ2) is 8.63. The van der Waals surface area contributed by atoms with Crippen LogP contribution in [0.1, 0.15) is 17.2 Å². The highest BCUT2D eigenvalue weighted by Crippen LogP contribution is 2.24. The van der Waals surface area contributed by atoms with Crippen LogP contribution in [0.25, 0.3) is 0 Å². The molecule has 1 saturated heterocycles. The summed E-state index contributed by atoms with van der Waals surface area (Å²) in [4.78, 5) is 2.48. The maximum Gasteiger partial charge on any atom is 0.242 e. The SMILES string of the molecule is Cc1ccc(C(CN2CCOCC2)NS(=O)(=O)c2ccccc2Br)cc1. The van der Waals surface area contributed by atoms with Gasteiger partial charge in [0.15, 0.2) is 0 Å². The number of nitrogens with one attached hydrogen (secondary N) is 1. The summed E-state index contributed by atoms with van der Waals surface area (Å²) in [7, 11) is -3.65. The van der Waals surface area contributed by atoms with Gasteiger partial charge in [0.1, 0.15) is 0 Å². The molecule has 5 nitrogen and oxygen atoms in total. The quantitative estimate of drug-likeness (QED) is 0.752. The van der Waals surface area contributed by atoms with E-state index >= 15 is 0 Å². The van der Waals surface area contributed by atoms with Gasteiger partial charge in [-0.25, -0.2) is 13.1 Å². The molecule has 0 amide bonds. The number of hydrogen-bond donors (Lipinski definition) is 1. The largest absolute Gasteiger partial charge is 0.379 e. The molecule has 1 aliphatic heterocycles. The van der Waals surface area contributed by atoms with Gasteiger partial charge in [0.05, 0.1) is 24.2 Å². The van der Waals surface area contributed by atoms with Gasteiger partial charge >= 0.3 is 0 Å². The van der Waals surface area contributed by atoms with Crippen LogP contribution in [0.15, 0.2) is 57.9 Å². The molecular formula is C19H23BrN2O3S. The third-order valence-electron chi connectivity index (χ3n) is 4.45. The Morgan fingerprint density at radius 1 is 1.12 bits per heavy atom. The highest BCUT2D eigenvalue weighted by Gasteiger charge is 2.25. The van der Waals surface area contributed by atoms with Crippen LogP contribution in [0.2, 0.25) is 0 Å². The van der Waals surface area contributed by atoms with Gasteiger partial charge in [-0.3, -0.25) is 4.90 Å². The number of benzene rings is 2. The number of aryl methyl sites for hydroxylation is 1. The maximum absolute atomic E-state index is 13.0. The van der Waals surface area contributed by atoms with Gasteiger partial charge in [0.25, 0.3) is 0 Å². The average molecular weight is 439 g/mol. The normalized spacial score (nSPS) is 17.2. The molecule has 26 heavy (non-hydrogen) atoms. The van der Waals surface area contributed by atoms with E-state index in [-0.39, 0.29) is 10.9 Å². The molecule has 0 saturated carbocycles. The van der Waals surface area contributed by atoms with Gasteiger partial charge < -0.3 is 4.74 Å². The van der Waals surface area contributed by atoms with Crippen molar-refractivity contribution in [3.8, 4) is 0 Å². The predicted octanol–water partition coefficient (Wildman–Crippen LogP) is 3.11. The van der Waals surface area contributed by atoms with Crippen molar-refractivity contribution in [2.45, 2.75) is 17.9 Å². The summed E-state index contributed by atoms with van der Waals surface area (Å²) >= 11 is 3.34. The average Bonchev–Trinajstić information content (AvgIpc) is 2.63. The summed E-state index contributed by atoms with van der Waals surface area (Å²) in [5, 5.41) is 0. The first kappa shape index (κ1) is 19.5. The van der Waals surface area contributed by atoms with Crippen LogP contribution in [0.5, 0.6) is 0 Å². The number of morpholine rings is 1. The molecule has 1 atom stereocenters. The van der Waals surface area contributed by atoms with Crippen molar-refractivity contribution in [1.29, 1.82) is 0 Å². The summed E-state index contributed by atoms with van der Waals surface area (Å²) in [6, 6.07) is 14.5. The van der Waals surface area contributed by atoms with Crippen molar-refractivity contribution in [2.75, 3.05) is 32.8 Å². The third-order valence-corrected chi connectivity index (χ3v) is 6.93. The Bertz CT molecular complexity index is 834. The van der Waals surface area contributed by atoms with Crippen molar-refractivity contribution in [1.82, 2.24) is 9.62 Å². The molecule has 1 heterocycles. The lowest BCUT2D eigenvalue weighted by molar-refractivity contribution is 0.0345. The Balaban J connectivity index is 1.87. The Kier molecular flexibility index (Phi) is 6.47. The molecule has 2 aromatic rings. The summed E-state index contributed by atoms with van der Waals surface area (Å²) in [6.07, 6.45) is 0. The second-order valence-corrected chi connectivity index (χ2v) is 8.96. The molecule has 140 valence electrons. The molecule has 0 bridgehead atoms. The van der Waals surface area contributed by atoms with E-state index in [9.17, 15) is 8.42 Å². The second-order valence-electron chi connectivity index (χ2n) is 6.43. The van der Waals surface area contributed by atoms with E-state index in [4.69, 9.17) is 4.74 Å². The van der Waals surface area contributed by atoms with Crippen LogP contribution in [0, 0.1) is 6.92 Å². The Labute approximate surface area is 163 Å². The van der Waals surface area contributed by atoms with E-state index < -0.39 is 10.0 Å². The fourth-order valence-electron chi connectivity index (χ4n) is 2.96. The summed E-state index contributed by atoms with van der Waals surface area (Å²) in [5.74, 6) is 0. The monoisotopic (exact) mass is 438 g/mol. The number of hydrogen-bond acceptors (Lipinski definition) is 4. The molecule has 0 radical (unpaired) electrons. The molecule has 1 N–H and O–H groups in total. The van der Waals surface area contributed by atoms with E-state index in [1.165, 1.54) is 0 Å². The van der Waals surface area contributed by atoms with E-state index in [2.05, 4.69) is 25.6 Å². The summed E-state index contributed by atoms with van der Waals surface area (Å²) in [6.45, 7) is 5.59. The van der Waals surface area contributed by atoms with Crippen molar-refractivity contribution >= 4 is 26.0 Å². The molecule has 1 fully saturated rings. The lowest BCUT2D eigenvalue weighted by atomic mass is 10.1. The fourth-order valence-corrected chi connectivity index (χ4v) is 5.18. The van der Waals surface area contributed by atoms with E-state index in [1.54, 1.807) is 24.3 Å². The van der Waals surface area contributed by atoms with Gasteiger partial charge in [-0.15, -0.1) is 0 Å². The van der Waals surface area contributed by atoms with Gasteiger partial charge in [0, 0.05) is 24.1 Å². The molecule has 7 heteroatoms. The van der Waals surface area contributed by atoms with Crippen molar-refractivity contribution in [2.24, 2.45) is 0 Å². The summed E-state index contributed by atoms with van der Waals surface area (Å²) in [5.41, 5.74) is 2.10. The van der Waals surface area contributed by atoms with Crippen molar-refractivity contribution in [3.63, 3.8) is 0 Å². The lowest BCUT2D eigenvalue weighted by Gasteiger charge is -2.31. The topological polar surface area (TPSA) is 58.6 Å². The number of nitrogens with zero attached hydrogens (tertiary/aromatic N) is 1. The minimum absolute atomic E-state index is 0.249. The Morgan fingerprint density at radius 3 is 2.42 bits per heavy atom. The van der Waals surface area contributed by atoms with Crippen LogP contribution >= 0.6 is 15.9 Å². The predicted molar refractivity (Wildman–Crippen MR) is 106 cm³/mol. The minimum Gasteiger partial charge on any atom is -0.379 e. The van der Waals surface area contributed by atoms with Gasteiger partial charge in [-0.05, 0) is 40.5 Å². The molecule has 0 spiro atoms. The molecule has 3 rings (SSSR count). The number of rotatable bonds is 6. The zero-order valence-electron chi connectivity index (χ0n) is 14.7. The minimum atomic E-state index is -3.65. The first-order chi connectivity index (χ1) is 12.5. The molecule has 2 aromatic carbocycles. The van der Waals surface area contributed by atoms with Crippen LogP contribution in [-0.2, 0) is 14.8 Å². The zero-order chi connectivity index (χ0) is 18.6. The van der Waals surface area contributed by atoms with Gasteiger partial charge in [-0.1, -0.05) is 42.0 Å². The van der Waals surface area contributed by atoms with E-state index in [0.29, 0.717) is 24.2 Å². The lowest BCUT2D eigenvalue weighted by Crippen LogP contribution is -2.43. The molecule has 1 aliphatic rings. The standard InChI is InChI=1S/C19H23BrN2O3S/c1-15-6-8-16(9-7-15)18(14-22-10-12-25-13-11-22)21-26(23,24)19-5-3-2-4-17(19)20/h2-9,18,21H,10-14H2,1H3. The molecule has 0 aliphatic carbocycles.